The average molecular weight is 454 g/mol. The van der Waals surface area contributed by atoms with Crippen LogP contribution in [-0.2, 0) is 6.54 Å². The highest BCUT2D eigenvalue weighted by Gasteiger charge is 2.06. The maximum atomic E-state index is 5.91. The summed E-state index contributed by atoms with van der Waals surface area (Å²) in [5.41, 5.74) is 3.37. The number of aromatic nitrogens is 1. The maximum Gasteiger partial charge on any atom is 0.191 e. The van der Waals surface area contributed by atoms with Crippen LogP contribution < -0.4 is 15.4 Å². The van der Waals surface area contributed by atoms with Gasteiger partial charge in [-0.25, -0.2) is 0 Å². The molecule has 0 spiro atoms. The van der Waals surface area contributed by atoms with E-state index in [1.54, 1.807) is 13.2 Å². The fourth-order valence-electron chi connectivity index (χ4n) is 2.29. The van der Waals surface area contributed by atoms with Crippen molar-refractivity contribution in [1.29, 1.82) is 0 Å². The second-order valence-electron chi connectivity index (χ2n) is 5.82. The molecule has 0 fully saturated rings. The summed E-state index contributed by atoms with van der Waals surface area (Å²) in [5, 5.41) is 6.56. The predicted molar refractivity (Wildman–Crippen MR) is 114 cm³/mol. The molecule has 2 aromatic rings. The van der Waals surface area contributed by atoms with Gasteiger partial charge in [-0.2, -0.15) is 0 Å². The van der Waals surface area contributed by atoms with Crippen molar-refractivity contribution >= 4 is 29.9 Å². The SMILES string of the molecule is CN=C(NCc1ncccc1C)NCC(C)Oc1cccc(C)c1.I. The molecule has 1 aromatic heterocycles. The third-order valence-electron chi connectivity index (χ3n) is 3.65. The number of aliphatic imine (C=N–C) groups is 1. The van der Waals surface area contributed by atoms with Crippen molar-refractivity contribution in [1.82, 2.24) is 15.6 Å². The zero-order valence-corrected chi connectivity index (χ0v) is 17.6. The molecule has 136 valence electrons. The van der Waals surface area contributed by atoms with Gasteiger partial charge in [-0.15, -0.1) is 24.0 Å². The van der Waals surface area contributed by atoms with Gasteiger partial charge >= 0.3 is 0 Å². The summed E-state index contributed by atoms with van der Waals surface area (Å²) >= 11 is 0. The highest BCUT2D eigenvalue weighted by Crippen LogP contribution is 2.13. The summed E-state index contributed by atoms with van der Waals surface area (Å²) in [6.07, 6.45) is 1.83. The monoisotopic (exact) mass is 454 g/mol. The number of aryl methyl sites for hydroxylation is 2. The van der Waals surface area contributed by atoms with Gasteiger partial charge in [0.25, 0.3) is 0 Å². The molecule has 2 rings (SSSR count). The zero-order valence-electron chi connectivity index (χ0n) is 15.2. The number of ether oxygens (including phenoxy) is 1. The summed E-state index contributed by atoms with van der Waals surface area (Å²) in [6.45, 7) is 7.44. The molecule has 6 heteroatoms. The minimum Gasteiger partial charge on any atom is -0.489 e. The van der Waals surface area contributed by atoms with Gasteiger partial charge in [0.05, 0.1) is 18.8 Å². The molecule has 5 nitrogen and oxygen atoms in total. The second kappa shape index (κ2) is 10.9. The molecule has 0 amide bonds. The average Bonchev–Trinajstić information content (AvgIpc) is 2.56. The lowest BCUT2D eigenvalue weighted by molar-refractivity contribution is 0.223. The molecule has 1 unspecified atom stereocenters. The summed E-state index contributed by atoms with van der Waals surface area (Å²) < 4.78 is 5.91. The van der Waals surface area contributed by atoms with E-state index >= 15 is 0 Å². The quantitative estimate of drug-likeness (QED) is 0.399. The Hall–Kier alpha value is -1.83. The molecule has 0 radical (unpaired) electrons. The number of rotatable bonds is 6. The lowest BCUT2D eigenvalue weighted by Gasteiger charge is -2.18. The van der Waals surface area contributed by atoms with Crippen LogP contribution in [0.1, 0.15) is 23.7 Å². The molecule has 0 aliphatic rings. The highest BCUT2D eigenvalue weighted by molar-refractivity contribution is 14.0. The summed E-state index contributed by atoms with van der Waals surface area (Å²) in [6, 6.07) is 12.1. The predicted octanol–water partition coefficient (Wildman–Crippen LogP) is 3.45. The van der Waals surface area contributed by atoms with Crippen LogP contribution in [0.15, 0.2) is 47.6 Å². The van der Waals surface area contributed by atoms with Crippen LogP contribution in [0.3, 0.4) is 0 Å². The molecule has 0 saturated carbocycles. The van der Waals surface area contributed by atoms with Crippen LogP contribution in [0.5, 0.6) is 5.75 Å². The molecule has 0 saturated heterocycles. The van der Waals surface area contributed by atoms with Gasteiger partial charge in [-0.3, -0.25) is 9.98 Å². The van der Waals surface area contributed by atoms with Gasteiger partial charge in [0.2, 0.25) is 0 Å². The standard InChI is InChI=1S/C19H26N4O.HI/c1-14-7-5-9-17(11-14)24-16(3)12-22-19(20-4)23-13-18-15(2)8-6-10-21-18;/h5-11,16H,12-13H2,1-4H3,(H2,20,22,23);1H. The number of hydrogen-bond acceptors (Lipinski definition) is 3. The third-order valence-corrected chi connectivity index (χ3v) is 3.65. The second-order valence-corrected chi connectivity index (χ2v) is 5.82. The Morgan fingerprint density at radius 2 is 2.00 bits per heavy atom. The van der Waals surface area contributed by atoms with Crippen LogP contribution in [0, 0.1) is 13.8 Å². The van der Waals surface area contributed by atoms with E-state index in [0.717, 1.165) is 23.0 Å². The number of hydrogen-bond donors (Lipinski definition) is 2. The lowest BCUT2D eigenvalue weighted by atomic mass is 10.2. The Labute approximate surface area is 167 Å². The topological polar surface area (TPSA) is 58.5 Å². The van der Waals surface area contributed by atoms with Crippen molar-refractivity contribution < 1.29 is 4.74 Å². The van der Waals surface area contributed by atoms with E-state index in [0.29, 0.717) is 13.1 Å². The Morgan fingerprint density at radius 3 is 2.68 bits per heavy atom. The van der Waals surface area contributed by atoms with E-state index in [4.69, 9.17) is 4.74 Å². The zero-order chi connectivity index (χ0) is 17.4. The molecule has 25 heavy (non-hydrogen) atoms. The van der Waals surface area contributed by atoms with Crippen molar-refractivity contribution in [2.24, 2.45) is 4.99 Å². The van der Waals surface area contributed by atoms with Gasteiger partial charge in [0.15, 0.2) is 5.96 Å². The lowest BCUT2D eigenvalue weighted by Crippen LogP contribution is -2.41. The first-order valence-corrected chi connectivity index (χ1v) is 8.17. The number of halogens is 1. The molecule has 1 heterocycles. The number of benzene rings is 1. The Kier molecular flexibility index (Phi) is 9.26. The van der Waals surface area contributed by atoms with Crippen molar-refractivity contribution in [3.05, 3.63) is 59.4 Å². The summed E-state index contributed by atoms with van der Waals surface area (Å²) in [7, 11) is 1.76. The minimum atomic E-state index is 0. The van der Waals surface area contributed by atoms with Crippen molar-refractivity contribution in [3.8, 4) is 5.75 Å². The molecule has 0 bridgehead atoms. The smallest absolute Gasteiger partial charge is 0.191 e. The number of pyridine rings is 1. The number of guanidine groups is 1. The molecular weight excluding hydrogens is 427 g/mol. The molecule has 1 aromatic carbocycles. The summed E-state index contributed by atoms with van der Waals surface area (Å²) in [4.78, 5) is 8.61. The number of nitrogens with one attached hydrogen (secondary N) is 2. The van der Waals surface area contributed by atoms with Gasteiger partial charge in [0, 0.05) is 13.2 Å². The maximum absolute atomic E-state index is 5.91. The van der Waals surface area contributed by atoms with Crippen LogP contribution in [0.4, 0.5) is 0 Å². The Bertz CT molecular complexity index is 691. The van der Waals surface area contributed by atoms with Gasteiger partial charge in [-0.05, 0) is 50.1 Å². The van der Waals surface area contributed by atoms with Crippen molar-refractivity contribution in [2.45, 2.75) is 33.4 Å². The summed E-state index contributed by atoms with van der Waals surface area (Å²) in [5.74, 6) is 1.62. The largest absolute Gasteiger partial charge is 0.489 e. The van der Waals surface area contributed by atoms with Crippen LogP contribution in [0.2, 0.25) is 0 Å². The third kappa shape index (κ3) is 7.29. The van der Waals surface area contributed by atoms with E-state index < -0.39 is 0 Å². The van der Waals surface area contributed by atoms with E-state index in [2.05, 4.69) is 46.6 Å². The molecule has 2 N–H and O–H groups in total. The fraction of sp³-hybridized carbons (Fsp3) is 0.368. The molecule has 1 atom stereocenters. The van der Waals surface area contributed by atoms with Gasteiger partial charge < -0.3 is 15.4 Å². The van der Waals surface area contributed by atoms with Gasteiger partial charge in [-0.1, -0.05) is 18.2 Å². The fourth-order valence-corrected chi connectivity index (χ4v) is 2.29. The molecule has 0 aliphatic carbocycles. The normalized spacial score (nSPS) is 12.1. The first-order valence-electron chi connectivity index (χ1n) is 8.17. The van der Waals surface area contributed by atoms with E-state index in [-0.39, 0.29) is 30.1 Å². The first kappa shape index (κ1) is 21.2. The van der Waals surface area contributed by atoms with E-state index in [9.17, 15) is 0 Å². The van der Waals surface area contributed by atoms with Crippen molar-refractivity contribution in [3.63, 3.8) is 0 Å². The van der Waals surface area contributed by atoms with Crippen LogP contribution >= 0.6 is 24.0 Å². The first-order chi connectivity index (χ1) is 11.6. The van der Waals surface area contributed by atoms with E-state index in [1.165, 1.54) is 5.56 Å². The number of nitrogens with zero attached hydrogens (tertiary/aromatic N) is 2. The van der Waals surface area contributed by atoms with Gasteiger partial charge in [0.1, 0.15) is 11.9 Å². The Morgan fingerprint density at radius 1 is 1.20 bits per heavy atom. The minimum absolute atomic E-state index is 0. The Balaban J connectivity index is 0.00000312. The van der Waals surface area contributed by atoms with Crippen LogP contribution in [-0.4, -0.2) is 30.6 Å². The highest BCUT2D eigenvalue weighted by atomic mass is 127. The van der Waals surface area contributed by atoms with E-state index in [1.807, 2.05) is 31.2 Å². The van der Waals surface area contributed by atoms with Crippen molar-refractivity contribution in [2.75, 3.05) is 13.6 Å². The van der Waals surface area contributed by atoms with Crippen LogP contribution in [0.25, 0.3) is 0 Å². The molecule has 0 aliphatic heterocycles. The molecular formula is C19H27IN4O.